The second-order valence-electron chi connectivity index (χ2n) is 6.46. The number of nitrogens with one attached hydrogen (secondary N) is 1. The van der Waals surface area contributed by atoms with E-state index in [9.17, 15) is 9.18 Å². The fraction of sp³-hybridized carbons (Fsp3) is 0.474. The Morgan fingerprint density at radius 3 is 2.96 bits per heavy atom. The molecule has 0 unspecified atom stereocenters. The molecule has 1 amide bonds. The van der Waals surface area contributed by atoms with Crippen LogP contribution in [-0.4, -0.2) is 37.5 Å². The van der Waals surface area contributed by atoms with E-state index >= 15 is 0 Å². The molecule has 0 aliphatic carbocycles. The van der Waals surface area contributed by atoms with Crippen molar-refractivity contribution in [3.05, 3.63) is 35.6 Å². The van der Waals surface area contributed by atoms with Gasteiger partial charge in [-0.2, -0.15) is 0 Å². The zero-order valence-electron chi connectivity index (χ0n) is 14.0. The highest BCUT2D eigenvalue weighted by atomic mass is 19.1. The highest BCUT2D eigenvalue weighted by Gasteiger charge is 2.43. The fourth-order valence-electron chi connectivity index (χ4n) is 3.42. The number of terminal acetylenes is 1. The van der Waals surface area contributed by atoms with Gasteiger partial charge < -0.3 is 14.9 Å². The molecule has 5 nitrogen and oxygen atoms in total. The van der Waals surface area contributed by atoms with E-state index in [-0.39, 0.29) is 24.4 Å². The van der Waals surface area contributed by atoms with Gasteiger partial charge in [-0.05, 0) is 25.0 Å². The number of ether oxygens (including phenoxy) is 1. The molecule has 2 heterocycles. The SMILES string of the molecule is C#CCNC(=O)C1(C[C@@H]2CC(c3cccc(F)c3)=NO2)CCOCC1. The zero-order valence-corrected chi connectivity index (χ0v) is 14.0. The molecule has 1 aromatic rings. The van der Waals surface area contributed by atoms with Crippen molar-refractivity contribution < 1.29 is 18.8 Å². The molecule has 1 atom stereocenters. The third-order valence-electron chi connectivity index (χ3n) is 4.79. The van der Waals surface area contributed by atoms with E-state index in [4.69, 9.17) is 16.0 Å². The molecule has 1 saturated heterocycles. The van der Waals surface area contributed by atoms with Crippen molar-refractivity contribution >= 4 is 11.6 Å². The van der Waals surface area contributed by atoms with Crippen LogP contribution in [0.2, 0.25) is 0 Å². The number of halogens is 1. The monoisotopic (exact) mass is 344 g/mol. The van der Waals surface area contributed by atoms with Gasteiger partial charge in [0.15, 0.2) is 0 Å². The molecule has 0 spiro atoms. The van der Waals surface area contributed by atoms with Gasteiger partial charge in [0, 0.05) is 31.6 Å². The molecule has 2 aliphatic heterocycles. The first-order chi connectivity index (χ1) is 12.1. The minimum atomic E-state index is -0.563. The van der Waals surface area contributed by atoms with Crippen molar-refractivity contribution in [3.63, 3.8) is 0 Å². The molecular formula is C19H21FN2O3. The Bertz CT molecular complexity index is 705. The number of carbonyl (C=O) groups is 1. The summed E-state index contributed by atoms with van der Waals surface area (Å²) in [4.78, 5) is 18.2. The molecule has 0 radical (unpaired) electrons. The zero-order chi connectivity index (χ0) is 17.7. The van der Waals surface area contributed by atoms with Crippen LogP contribution in [0, 0.1) is 23.6 Å². The number of hydrogen-bond donors (Lipinski definition) is 1. The molecule has 2 aliphatic rings. The van der Waals surface area contributed by atoms with Crippen molar-refractivity contribution in [2.45, 2.75) is 31.8 Å². The Hall–Kier alpha value is -2.39. The van der Waals surface area contributed by atoms with Crippen LogP contribution >= 0.6 is 0 Å². The van der Waals surface area contributed by atoms with Crippen LogP contribution in [0.25, 0.3) is 0 Å². The molecule has 0 aromatic heterocycles. The summed E-state index contributed by atoms with van der Waals surface area (Å²) in [6, 6.07) is 6.28. The summed E-state index contributed by atoms with van der Waals surface area (Å²) < 4.78 is 18.8. The van der Waals surface area contributed by atoms with Crippen LogP contribution in [0.3, 0.4) is 0 Å². The first kappa shape index (κ1) is 17.4. The van der Waals surface area contributed by atoms with Crippen LogP contribution < -0.4 is 5.32 Å². The first-order valence-corrected chi connectivity index (χ1v) is 8.41. The predicted molar refractivity (Wildman–Crippen MR) is 91.4 cm³/mol. The normalized spacial score (nSPS) is 21.8. The van der Waals surface area contributed by atoms with Crippen LogP contribution in [-0.2, 0) is 14.4 Å². The second-order valence-corrected chi connectivity index (χ2v) is 6.46. The minimum Gasteiger partial charge on any atom is -0.392 e. The van der Waals surface area contributed by atoms with Crippen molar-refractivity contribution in [2.75, 3.05) is 19.8 Å². The Morgan fingerprint density at radius 2 is 2.24 bits per heavy atom. The maximum Gasteiger partial charge on any atom is 0.227 e. The number of amides is 1. The fourth-order valence-corrected chi connectivity index (χ4v) is 3.42. The lowest BCUT2D eigenvalue weighted by molar-refractivity contribution is -0.139. The molecule has 25 heavy (non-hydrogen) atoms. The van der Waals surface area contributed by atoms with Gasteiger partial charge in [-0.25, -0.2) is 4.39 Å². The highest BCUT2D eigenvalue weighted by molar-refractivity contribution is 6.01. The van der Waals surface area contributed by atoms with Crippen LogP contribution in [0.5, 0.6) is 0 Å². The molecule has 3 rings (SSSR count). The molecule has 0 bridgehead atoms. The molecule has 0 saturated carbocycles. The van der Waals surface area contributed by atoms with E-state index in [1.807, 2.05) is 0 Å². The Labute approximate surface area is 146 Å². The van der Waals surface area contributed by atoms with Gasteiger partial charge in [-0.1, -0.05) is 23.2 Å². The van der Waals surface area contributed by atoms with Gasteiger partial charge in [-0.3, -0.25) is 4.79 Å². The smallest absolute Gasteiger partial charge is 0.227 e. The summed E-state index contributed by atoms with van der Waals surface area (Å²) in [5.74, 6) is 2.06. The summed E-state index contributed by atoms with van der Waals surface area (Å²) in [6.07, 6.45) is 7.36. The molecule has 6 heteroatoms. The average Bonchev–Trinajstić information content (AvgIpc) is 3.08. The third kappa shape index (κ3) is 3.99. The van der Waals surface area contributed by atoms with E-state index in [1.165, 1.54) is 12.1 Å². The van der Waals surface area contributed by atoms with Crippen molar-refractivity contribution in [3.8, 4) is 12.3 Å². The van der Waals surface area contributed by atoms with Gasteiger partial charge >= 0.3 is 0 Å². The van der Waals surface area contributed by atoms with Gasteiger partial charge in [-0.15, -0.1) is 6.42 Å². The van der Waals surface area contributed by atoms with E-state index in [0.717, 1.165) is 0 Å². The van der Waals surface area contributed by atoms with Gasteiger partial charge in [0.25, 0.3) is 0 Å². The highest BCUT2D eigenvalue weighted by Crippen LogP contribution is 2.38. The lowest BCUT2D eigenvalue weighted by atomic mass is 9.74. The van der Waals surface area contributed by atoms with E-state index in [2.05, 4.69) is 16.4 Å². The Morgan fingerprint density at radius 1 is 1.44 bits per heavy atom. The second kappa shape index (κ2) is 7.66. The number of nitrogens with zero attached hydrogens (tertiary/aromatic N) is 1. The summed E-state index contributed by atoms with van der Waals surface area (Å²) >= 11 is 0. The van der Waals surface area contributed by atoms with E-state index in [1.54, 1.807) is 12.1 Å². The van der Waals surface area contributed by atoms with Gasteiger partial charge in [0.05, 0.1) is 17.7 Å². The van der Waals surface area contributed by atoms with Gasteiger partial charge in [0.2, 0.25) is 5.91 Å². The number of oxime groups is 1. The number of benzene rings is 1. The summed E-state index contributed by atoms with van der Waals surface area (Å²) in [5, 5.41) is 6.90. The summed E-state index contributed by atoms with van der Waals surface area (Å²) in [6.45, 7) is 1.28. The number of hydrogen-bond acceptors (Lipinski definition) is 4. The maximum atomic E-state index is 13.4. The largest absolute Gasteiger partial charge is 0.392 e. The number of rotatable bonds is 5. The van der Waals surface area contributed by atoms with Crippen molar-refractivity contribution in [1.82, 2.24) is 5.32 Å². The minimum absolute atomic E-state index is 0.0587. The lowest BCUT2D eigenvalue weighted by Gasteiger charge is -2.36. The average molecular weight is 344 g/mol. The third-order valence-corrected chi connectivity index (χ3v) is 4.79. The Balaban J connectivity index is 1.67. The van der Waals surface area contributed by atoms with Crippen molar-refractivity contribution in [1.29, 1.82) is 0 Å². The van der Waals surface area contributed by atoms with Crippen LogP contribution in [0.15, 0.2) is 29.4 Å². The summed E-state index contributed by atoms with van der Waals surface area (Å²) in [7, 11) is 0. The number of carbonyl (C=O) groups excluding carboxylic acids is 1. The van der Waals surface area contributed by atoms with Crippen LogP contribution in [0.1, 0.15) is 31.2 Å². The first-order valence-electron chi connectivity index (χ1n) is 8.41. The molecular weight excluding hydrogens is 323 g/mol. The lowest BCUT2D eigenvalue weighted by Crippen LogP contribution is -2.46. The summed E-state index contributed by atoms with van der Waals surface area (Å²) in [5.41, 5.74) is 0.850. The standard InChI is InChI=1S/C19H21FN2O3/c1-2-8-21-18(23)19(6-9-24-10-7-19)13-16-12-17(22-25-16)14-4-3-5-15(20)11-14/h1,3-5,11,16H,6-10,12-13H2,(H,21,23)/t16-/m0/s1. The van der Waals surface area contributed by atoms with E-state index < -0.39 is 5.41 Å². The quantitative estimate of drug-likeness (QED) is 0.834. The predicted octanol–water partition coefficient (Wildman–Crippen LogP) is 2.25. The van der Waals surface area contributed by atoms with E-state index in [0.29, 0.717) is 50.2 Å². The Kier molecular flexibility index (Phi) is 5.34. The molecule has 1 N–H and O–H groups in total. The molecule has 1 aromatic carbocycles. The van der Waals surface area contributed by atoms with Crippen LogP contribution in [0.4, 0.5) is 4.39 Å². The van der Waals surface area contributed by atoms with Gasteiger partial charge in [0.1, 0.15) is 11.9 Å². The maximum absolute atomic E-state index is 13.4. The molecule has 132 valence electrons. The topological polar surface area (TPSA) is 59.9 Å². The van der Waals surface area contributed by atoms with Crippen molar-refractivity contribution in [2.24, 2.45) is 10.6 Å². The molecule has 1 fully saturated rings.